The molecule has 1 fully saturated rings. The third kappa shape index (κ3) is 9.06. The van der Waals surface area contributed by atoms with E-state index in [9.17, 15) is 9.59 Å². The lowest BCUT2D eigenvalue weighted by Gasteiger charge is -2.18. The number of nitrogens with zero attached hydrogens (tertiary/aromatic N) is 3. The lowest BCUT2D eigenvalue weighted by molar-refractivity contribution is -0.125. The fourth-order valence-electron chi connectivity index (χ4n) is 3.70. The molecule has 1 unspecified atom stereocenters. The molecule has 7 heteroatoms. The summed E-state index contributed by atoms with van der Waals surface area (Å²) >= 11 is 0. The molecule has 158 valence electrons. The van der Waals surface area contributed by atoms with Gasteiger partial charge in [-0.15, -0.1) is 5.10 Å². The summed E-state index contributed by atoms with van der Waals surface area (Å²) in [6.07, 6.45) is 14.6. The van der Waals surface area contributed by atoms with Crippen molar-refractivity contribution in [1.29, 1.82) is 0 Å². The fraction of sp³-hybridized carbons (Fsp3) is 0.810. The number of Topliss-reactive ketones (excluding diaryl/α,β-unsaturated/α-hetero) is 1. The van der Waals surface area contributed by atoms with Gasteiger partial charge in [0.25, 0.3) is 0 Å². The number of hydrogen-bond acceptors (Lipinski definition) is 6. The van der Waals surface area contributed by atoms with E-state index in [1.165, 1.54) is 57.8 Å². The second-order valence-corrected chi connectivity index (χ2v) is 7.85. The maximum Gasteiger partial charge on any atom is 0.148 e. The first-order valence-electron chi connectivity index (χ1n) is 10.8. The number of unbranched alkanes of at least 4 members (excludes halogenated alkanes) is 1. The van der Waals surface area contributed by atoms with Gasteiger partial charge >= 0.3 is 0 Å². The molecule has 0 spiro atoms. The van der Waals surface area contributed by atoms with Crippen molar-refractivity contribution in [2.75, 3.05) is 6.61 Å². The highest BCUT2D eigenvalue weighted by Crippen LogP contribution is 2.24. The molecule has 2 rings (SSSR count). The summed E-state index contributed by atoms with van der Waals surface area (Å²) in [4.78, 5) is 21.8. The van der Waals surface area contributed by atoms with Crippen molar-refractivity contribution in [3.8, 4) is 0 Å². The SMILES string of the molecule is O=CC(O)CC(=O)CCCCOCc1cn(C2CCCCCCCCC2)nn1. The Morgan fingerprint density at radius 2 is 1.86 bits per heavy atom. The number of carbonyl (C=O) groups excluding carboxylic acids is 2. The number of aldehydes is 1. The van der Waals surface area contributed by atoms with E-state index in [0.29, 0.717) is 38.4 Å². The van der Waals surface area contributed by atoms with Gasteiger partial charge in [0.15, 0.2) is 0 Å². The molecule has 1 N–H and O–H groups in total. The first-order chi connectivity index (χ1) is 13.7. The van der Waals surface area contributed by atoms with Crippen LogP contribution in [-0.2, 0) is 20.9 Å². The minimum Gasteiger partial charge on any atom is -0.385 e. The molecule has 0 amide bonds. The summed E-state index contributed by atoms with van der Waals surface area (Å²) in [5.41, 5.74) is 0.849. The van der Waals surface area contributed by atoms with E-state index in [0.717, 1.165) is 12.1 Å². The van der Waals surface area contributed by atoms with Gasteiger partial charge in [0.2, 0.25) is 0 Å². The Hall–Kier alpha value is -1.60. The Balaban J connectivity index is 1.62. The van der Waals surface area contributed by atoms with Gasteiger partial charge < -0.3 is 14.6 Å². The Morgan fingerprint density at radius 1 is 1.18 bits per heavy atom. The second-order valence-electron chi connectivity index (χ2n) is 7.85. The highest BCUT2D eigenvalue weighted by molar-refractivity contribution is 5.81. The van der Waals surface area contributed by atoms with E-state index in [1.54, 1.807) is 0 Å². The number of aliphatic hydroxyl groups is 1. The Kier molecular flexibility index (Phi) is 11.0. The van der Waals surface area contributed by atoms with E-state index < -0.39 is 6.10 Å². The largest absolute Gasteiger partial charge is 0.385 e. The third-order valence-corrected chi connectivity index (χ3v) is 5.34. The molecular weight excluding hydrogens is 358 g/mol. The van der Waals surface area contributed by atoms with Crippen molar-refractivity contribution in [3.05, 3.63) is 11.9 Å². The van der Waals surface area contributed by atoms with Crippen molar-refractivity contribution < 1.29 is 19.4 Å². The molecule has 0 bridgehead atoms. The summed E-state index contributed by atoms with van der Waals surface area (Å²) in [6, 6.07) is 0.451. The Morgan fingerprint density at radius 3 is 2.54 bits per heavy atom. The zero-order valence-corrected chi connectivity index (χ0v) is 16.9. The van der Waals surface area contributed by atoms with Gasteiger partial charge in [0.05, 0.1) is 18.8 Å². The summed E-state index contributed by atoms with van der Waals surface area (Å²) < 4.78 is 7.68. The lowest BCUT2D eigenvalue weighted by Crippen LogP contribution is -2.14. The predicted octanol–water partition coefficient (Wildman–Crippen LogP) is 3.55. The number of hydrogen-bond donors (Lipinski definition) is 1. The number of aromatic nitrogens is 3. The van der Waals surface area contributed by atoms with Crippen LogP contribution in [0.15, 0.2) is 6.20 Å². The molecule has 1 saturated carbocycles. The summed E-state index contributed by atoms with van der Waals surface area (Å²) in [6.45, 7) is 0.990. The van der Waals surface area contributed by atoms with Gasteiger partial charge in [-0.3, -0.25) is 4.79 Å². The normalized spacial score (nSPS) is 17.9. The van der Waals surface area contributed by atoms with E-state index in [4.69, 9.17) is 9.84 Å². The Bertz CT molecular complexity index is 566. The molecule has 1 aromatic rings. The van der Waals surface area contributed by atoms with Crippen LogP contribution in [0.1, 0.15) is 95.2 Å². The zero-order valence-electron chi connectivity index (χ0n) is 16.9. The van der Waals surface area contributed by atoms with Crippen LogP contribution in [0, 0.1) is 0 Å². The molecule has 1 atom stereocenters. The van der Waals surface area contributed by atoms with Gasteiger partial charge in [-0.2, -0.15) is 0 Å². The average molecular weight is 394 g/mol. The van der Waals surface area contributed by atoms with Crippen LogP contribution < -0.4 is 0 Å². The van der Waals surface area contributed by atoms with E-state index in [2.05, 4.69) is 10.3 Å². The highest BCUT2D eigenvalue weighted by Gasteiger charge is 2.14. The van der Waals surface area contributed by atoms with Crippen LogP contribution in [-0.4, -0.2) is 44.9 Å². The molecule has 1 aliphatic carbocycles. The van der Waals surface area contributed by atoms with Crippen LogP contribution in [0.25, 0.3) is 0 Å². The third-order valence-electron chi connectivity index (χ3n) is 5.34. The van der Waals surface area contributed by atoms with Crippen LogP contribution in [0.4, 0.5) is 0 Å². The van der Waals surface area contributed by atoms with Crippen molar-refractivity contribution >= 4 is 12.1 Å². The zero-order chi connectivity index (χ0) is 20.0. The topological polar surface area (TPSA) is 94.3 Å². The van der Waals surface area contributed by atoms with Crippen molar-refractivity contribution in [1.82, 2.24) is 15.0 Å². The van der Waals surface area contributed by atoms with Crippen molar-refractivity contribution in [2.45, 2.75) is 102 Å². The van der Waals surface area contributed by atoms with Gasteiger partial charge in [-0.1, -0.05) is 50.2 Å². The minimum absolute atomic E-state index is 0.0887. The van der Waals surface area contributed by atoms with E-state index in [1.807, 2.05) is 10.9 Å². The van der Waals surface area contributed by atoms with Crippen molar-refractivity contribution in [2.24, 2.45) is 0 Å². The monoisotopic (exact) mass is 393 g/mol. The molecular formula is C21H35N3O4. The maximum atomic E-state index is 11.5. The Labute approximate surface area is 167 Å². The second kappa shape index (κ2) is 13.6. The van der Waals surface area contributed by atoms with Gasteiger partial charge in [-0.25, -0.2) is 4.68 Å². The van der Waals surface area contributed by atoms with Gasteiger partial charge in [0.1, 0.15) is 23.9 Å². The van der Waals surface area contributed by atoms with Gasteiger partial charge in [0, 0.05) is 19.4 Å². The highest BCUT2D eigenvalue weighted by atomic mass is 16.5. The van der Waals surface area contributed by atoms with E-state index in [-0.39, 0.29) is 12.2 Å². The van der Waals surface area contributed by atoms with Crippen LogP contribution in [0.5, 0.6) is 0 Å². The molecule has 28 heavy (non-hydrogen) atoms. The number of aliphatic hydroxyl groups excluding tert-OH is 1. The molecule has 0 saturated heterocycles. The molecule has 0 aromatic carbocycles. The van der Waals surface area contributed by atoms with Crippen molar-refractivity contribution in [3.63, 3.8) is 0 Å². The number of carbonyl (C=O) groups is 2. The lowest BCUT2D eigenvalue weighted by atomic mass is 9.97. The minimum atomic E-state index is -1.17. The van der Waals surface area contributed by atoms with Crippen LogP contribution in [0.3, 0.4) is 0 Å². The van der Waals surface area contributed by atoms with Crippen LogP contribution in [0.2, 0.25) is 0 Å². The molecule has 1 aliphatic rings. The first kappa shape index (κ1) is 22.7. The summed E-state index contributed by atoms with van der Waals surface area (Å²) in [5.74, 6) is -0.0896. The molecule has 7 nitrogen and oxygen atoms in total. The smallest absolute Gasteiger partial charge is 0.148 e. The molecule has 0 aliphatic heterocycles. The molecule has 0 radical (unpaired) electrons. The van der Waals surface area contributed by atoms with Gasteiger partial charge in [-0.05, 0) is 25.7 Å². The standard InChI is InChI=1S/C21H35N3O4/c25-16-21(27)14-20(26)12-8-9-13-28-17-18-15-24(23-22-18)19-10-6-4-2-1-3-5-7-11-19/h15-16,19,21,27H,1-14,17H2. The molecule has 1 aromatic heterocycles. The number of rotatable bonds is 11. The van der Waals surface area contributed by atoms with E-state index >= 15 is 0 Å². The fourth-order valence-corrected chi connectivity index (χ4v) is 3.70. The average Bonchev–Trinajstić information content (AvgIpc) is 3.17. The quantitative estimate of drug-likeness (QED) is 0.456. The maximum absolute atomic E-state index is 11.5. The first-order valence-corrected chi connectivity index (χ1v) is 10.8. The predicted molar refractivity (Wildman–Crippen MR) is 106 cm³/mol. The van der Waals surface area contributed by atoms with Crippen LogP contribution >= 0.6 is 0 Å². The summed E-state index contributed by atoms with van der Waals surface area (Å²) in [7, 11) is 0. The molecule has 1 heterocycles. The summed E-state index contributed by atoms with van der Waals surface area (Å²) in [5, 5.41) is 17.7. The number of ether oxygens (including phenoxy) is 1. The number of ketones is 1.